The number of hydrogen-bond donors (Lipinski definition) is 1. The Morgan fingerprint density at radius 2 is 1.95 bits per heavy atom. The van der Waals surface area contributed by atoms with Crippen LogP contribution in [-0.4, -0.2) is 34.8 Å². The number of amides is 2. The lowest BCUT2D eigenvalue weighted by Crippen LogP contribution is -2.59. The summed E-state index contributed by atoms with van der Waals surface area (Å²) in [6, 6.07) is 0.240. The van der Waals surface area contributed by atoms with Gasteiger partial charge in [-0.25, -0.2) is 0 Å². The van der Waals surface area contributed by atoms with Crippen molar-refractivity contribution >= 4 is 11.8 Å². The molecular formula is C15H26N2O2. The maximum Gasteiger partial charge on any atom is 0.248 e. The van der Waals surface area contributed by atoms with Gasteiger partial charge >= 0.3 is 0 Å². The molecule has 1 heterocycles. The Morgan fingerprint density at radius 3 is 2.58 bits per heavy atom. The standard InChI is InChI=1S/C15H26N2O2/c1-3-7-12(2)17-11-8-13(18)16-15(14(17)19)9-5-4-6-10-15/h12H,3-11H2,1-2H3,(H,16,18). The summed E-state index contributed by atoms with van der Waals surface area (Å²) in [5.41, 5.74) is -0.589. The van der Waals surface area contributed by atoms with Gasteiger partial charge in [0.25, 0.3) is 0 Å². The number of nitrogens with one attached hydrogen (secondary N) is 1. The molecule has 0 radical (unpaired) electrons. The van der Waals surface area contributed by atoms with Crippen molar-refractivity contribution in [3.63, 3.8) is 0 Å². The molecule has 2 rings (SSSR count). The van der Waals surface area contributed by atoms with Gasteiger partial charge in [-0.2, -0.15) is 0 Å². The molecule has 4 heteroatoms. The molecule has 1 spiro atoms. The fourth-order valence-corrected chi connectivity index (χ4v) is 3.47. The first kappa shape index (κ1) is 14.4. The lowest BCUT2D eigenvalue weighted by Gasteiger charge is -2.40. The van der Waals surface area contributed by atoms with Gasteiger partial charge in [0.05, 0.1) is 0 Å². The summed E-state index contributed by atoms with van der Waals surface area (Å²) in [4.78, 5) is 26.8. The molecule has 1 aliphatic carbocycles. The monoisotopic (exact) mass is 266 g/mol. The van der Waals surface area contributed by atoms with Gasteiger partial charge in [0.15, 0.2) is 0 Å². The quantitative estimate of drug-likeness (QED) is 0.851. The first-order valence-corrected chi connectivity index (χ1v) is 7.71. The average Bonchev–Trinajstić information content (AvgIpc) is 2.50. The SMILES string of the molecule is CCCC(C)N1CCC(=O)NC2(CCCCC2)C1=O. The molecule has 19 heavy (non-hydrogen) atoms. The van der Waals surface area contributed by atoms with Gasteiger partial charge in [0.1, 0.15) is 5.54 Å². The van der Waals surface area contributed by atoms with E-state index in [0.29, 0.717) is 13.0 Å². The van der Waals surface area contributed by atoms with Crippen LogP contribution in [0.4, 0.5) is 0 Å². The van der Waals surface area contributed by atoms with Crippen LogP contribution in [-0.2, 0) is 9.59 Å². The minimum Gasteiger partial charge on any atom is -0.342 e. The molecule has 2 fully saturated rings. The molecule has 1 saturated carbocycles. The highest BCUT2D eigenvalue weighted by molar-refractivity contribution is 5.93. The normalized spacial score (nSPS) is 25.1. The second kappa shape index (κ2) is 5.93. The van der Waals surface area contributed by atoms with Crippen molar-refractivity contribution in [2.75, 3.05) is 6.54 Å². The topological polar surface area (TPSA) is 49.4 Å². The first-order chi connectivity index (χ1) is 9.09. The number of carbonyl (C=O) groups excluding carboxylic acids is 2. The van der Waals surface area contributed by atoms with Crippen molar-refractivity contribution in [1.82, 2.24) is 10.2 Å². The van der Waals surface area contributed by atoms with Crippen molar-refractivity contribution < 1.29 is 9.59 Å². The van der Waals surface area contributed by atoms with E-state index >= 15 is 0 Å². The van der Waals surface area contributed by atoms with E-state index < -0.39 is 5.54 Å². The van der Waals surface area contributed by atoms with E-state index in [9.17, 15) is 9.59 Å². The summed E-state index contributed by atoms with van der Waals surface area (Å²) in [7, 11) is 0. The van der Waals surface area contributed by atoms with Crippen LogP contribution in [0, 0.1) is 0 Å². The lowest BCUT2D eigenvalue weighted by molar-refractivity contribution is -0.142. The number of hydrogen-bond acceptors (Lipinski definition) is 2. The van der Waals surface area contributed by atoms with Crippen LogP contribution in [0.2, 0.25) is 0 Å². The molecule has 0 aromatic heterocycles. The summed E-state index contributed by atoms with van der Waals surface area (Å²) in [5, 5.41) is 3.04. The smallest absolute Gasteiger partial charge is 0.248 e. The minimum absolute atomic E-state index is 0.0430. The van der Waals surface area contributed by atoms with E-state index in [1.807, 2.05) is 4.90 Å². The molecule has 1 unspecified atom stereocenters. The summed E-state index contributed by atoms with van der Waals surface area (Å²) < 4.78 is 0. The van der Waals surface area contributed by atoms with E-state index in [0.717, 1.165) is 38.5 Å². The maximum atomic E-state index is 12.9. The zero-order valence-corrected chi connectivity index (χ0v) is 12.2. The van der Waals surface area contributed by atoms with Crippen LogP contribution < -0.4 is 5.32 Å². The zero-order valence-electron chi connectivity index (χ0n) is 12.2. The Bertz CT molecular complexity index is 348. The molecule has 2 aliphatic rings. The highest BCUT2D eigenvalue weighted by atomic mass is 16.2. The van der Waals surface area contributed by atoms with Crippen molar-refractivity contribution in [2.24, 2.45) is 0 Å². The Kier molecular flexibility index (Phi) is 4.48. The third-order valence-corrected chi connectivity index (χ3v) is 4.57. The summed E-state index contributed by atoms with van der Waals surface area (Å²) >= 11 is 0. The fraction of sp³-hybridized carbons (Fsp3) is 0.867. The van der Waals surface area contributed by atoms with Gasteiger partial charge in [-0.1, -0.05) is 32.6 Å². The summed E-state index contributed by atoms with van der Waals surface area (Å²) in [5.74, 6) is 0.209. The molecule has 0 aromatic rings. The predicted octanol–water partition coefficient (Wildman–Crippen LogP) is 2.23. The van der Waals surface area contributed by atoms with Crippen molar-refractivity contribution in [3.05, 3.63) is 0 Å². The van der Waals surface area contributed by atoms with Gasteiger partial charge in [-0.3, -0.25) is 9.59 Å². The average molecular weight is 266 g/mol. The van der Waals surface area contributed by atoms with Crippen LogP contribution in [0.5, 0.6) is 0 Å². The Balaban J connectivity index is 2.21. The van der Waals surface area contributed by atoms with Crippen LogP contribution in [0.3, 0.4) is 0 Å². The molecule has 0 aromatic carbocycles. The van der Waals surface area contributed by atoms with Crippen LogP contribution >= 0.6 is 0 Å². The molecule has 1 atom stereocenters. The molecule has 1 saturated heterocycles. The predicted molar refractivity (Wildman–Crippen MR) is 74.7 cm³/mol. The van der Waals surface area contributed by atoms with Gasteiger partial charge < -0.3 is 10.2 Å². The van der Waals surface area contributed by atoms with Gasteiger partial charge in [-0.05, 0) is 26.2 Å². The van der Waals surface area contributed by atoms with Gasteiger partial charge in [-0.15, -0.1) is 0 Å². The maximum absolute atomic E-state index is 12.9. The highest BCUT2D eigenvalue weighted by Crippen LogP contribution is 2.32. The Morgan fingerprint density at radius 1 is 1.26 bits per heavy atom. The number of rotatable bonds is 3. The Labute approximate surface area is 115 Å². The highest BCUT2D eigenvalue weighted by Gasteiger charge is 2.45. The van der Waals surface area contributed by atoms with Crippen LogP contribution in [0.25, 0.3) is 0 Å². The van der Waals surface area contributed by atoms with E-state index in [1.54, 1.807) is 0 Å². The molecule has 1 N–H and O–H groups in total. The minimum atomic E-state index is -0.589. The molecule has 0 bridgehead atoms. The van der Waals surface area contributed by atoms with Gasteiger partial charge in [0.2, 0.25) is 11.8 Å². The summed E-state index contributed by atoms with van der Waals surface area (Å²) in [6.07, 6.45) is 7.41. The molecular weight excluding hydrogens is 240 g/mol. The molecule has 1 aliphatic heterocycles. The van der Waals surface area contributed by atoms with Crippen LogP contribution in [0.15, 0.2) is 0 Å². The molecule has 2 amide bonds. The van der Waals surface area contributed by atoms with E-state index in [4.69, 9.17) is 0 Å². The Hall–Kier alpha value is -1.06. The zero-order chi connectivity index (χ0) is 13.9. The van der Waals surface area contributed by atoms with Crippen molar-refractivity contribution in [1.29, 1.82) is 0 Å². The summed E-state index contributed by atoms with van der Waals surface area (Å²) in [6.45, 7) is 4.82. The molecule has 108 valence electrons. The van der Waals surface area contributed by atoms with Crippen molar-refractivity contribution in [3.8, 4) is 0 Å². The first-order valence-electron chi connectivity index (χ1n) is 7.71. The second-order valence-corrected chi connectivity index (χ2v) is 6.08. The van der Waals surface area contributed by atoms with E-state index in [1.165, 1.54) is 6.42 Å². The van der Waals surface area contributed by atoms with E-state index in [2.05, 4.69) is 19.2 Å². The van der Waals surface area contributed by atoms with E-state index in [-0.39, 0.29) is 17.9 Å². The van der Waals surface area contributed by atoms with Crippen molar-refractivity contribution in [2.45, 2.75) is 76.8 Å². The fourth-order valence-electron chi connectivity index (χ4n) is 3.47. The van der Waals surface area contributed by atoms with Gasteiger partial charge in [0, 0.05) is 19.0 Å². The lowest BCUT2D eigenvalue weighted by atomic mass is 9.80. The third kappa shape index (κ3) is 2.93. The number of nitrogens with zero attached hydrogens (tertiary/aromatic N) is 1. The number of carbonyl (C=O) groups is 2. The third-order valence-electron chi connectivity index (χ3n) is 4.57. The molecule has 4 nitrogen and oxygen atoms in total. The second-order valence-electron chi connectivity index (χ2n) is 6.08. The van der Waals surface area contributed by atoms with Crippen LogP contribution in [0.1, 0.15) is 65.2 Å². The largest absolute Gasteiger partial charge is 0.342 e.